The summed E-state index contributed by atoms with van der Waals surface area (Å²) in [5.41, 5.74) is 0.946. The van der Waals surface area contributed by atoms with Crippen LogP contribution in [-0.4, -0.2) is 36.6 Å². The van der Waals surface area contributed by atoms with Crippen LogP contribution < -0.4 is 5.32 Å². The van der Waals surface area contributed by atoms with Crippen LogP contribution in [0, 0.1) is 6.92 Å². The fourth-order valence-corrected chi connectivity index (χ4v) is 2.41. The van der Waals surface area contributed by atoms with Crippen LogP contribution in [0.3, 0.4) is 0 Å². The van der Waals surface area contributed by atoms with Crippen LogP contribution in [0.25, 0.3) is 5.78 Å². The van der Waals surface area contributed by atoms with Crippen molar-refractivity contribution in [2.24, 2.45) is 0 Å². The van der Waals surface area contributed by atoms with Crippen molar-refractivity contribution >= 4 is 23.4 Å². The highest BCUT2D eigenvalue weighted by molar-refractivity contribution is 8.00. The molecule has 0 aliphatic carbocycles. The smallest absolute Gasteiger partial charge is 0.254 e. The van der Waals surface area contributed by atoms with Gasteiger partial charge in [0, 0.05) is 28.8 Å². The zero-order chi connectivity index (χ0) is 13.2. The van der Waals surface area contributed by atoms with Crippen molar-refractivity contribution in [1.29, 1.82) is 0 Å². The molecule has 0 amide bonds. The highest BCUT2D eigenvalue weighted by Crippen LogP contribution is 2.22. The van der Waals surface area contributed by atoms with E-state index >= 15 is 0 Å². The molecule has 2 heterocycles. The second-order valence-corrected chi connectivity index (χ2v) is 7.06. The van der Waals surface area contributed by atoms with Crippen molar-refractivity contribution < 1.29 is 0 Å². The molecule has 2 rings (SSSR count). The maximum absolute atomic E-state index is 4.31. The minimum Gasteiger partial charge on any atom is -0.369 e. The Labute approximate surface area is 111 Å². The van der Waals surface area contributed by atoms with E-state index in [0.29, 0.717) is 10.5 Å². The Kier molecular flexibility index (Phi) is 3.75. The third kappa shape index (κ3) is 3.35. The SMILES string of the molecule is Cc1cc(NCCSC(C)(C)C)n2ncnc2n1. The lowest BCUT2D eigenvalue weighted by molar-refractivity contribution is 0.802. The van der Waals surface area contributed by atoms with Gasteiger partial charge in [-0.3, -0.25) is 0 Å². The summed E-state index contributed by atoms with van der Waals surface area (Å²) < 4.78 is 2.03. The molecule has 0 radical (unpaired) electrons. The summed E-state index contributed by atoms with van der Waals surface area (Å²) in [5.74, 6) is 2.65. The van der Waals surface area contributed by atoms with E-state index in [-0.39, 0.29) is 0 Å². The summed E-state index contributed by atoms with van der Waals surface area (Å²) in [6.45, 7) is 9.54. The van der Waals surface area contributed by atoms with Gasteiger partial charge in [0.2, 0.25) is 0 Å². The van der Waals surface area contributed by atoms with Gasteiger partial charge in [-0.25, -0.2) is 4.98 Å². The summed E-state index contributed by atoms with van der Waals surface area (Å²) in [6, 6.07) is 1.99. The molecule has 5 nitrogen and oxygen atoms in total. The monoisotopic (exact) mass is 265 g/mol. The molecule has 2 aromatic heterocycles. The van der Waals surface area contributed by atoms with Crippen molar-refractivity contribution in [1.82, 2.24) is 19.6 Å². The lowest BCUT2D eigenvalue weighted by Gasteiger charge is -2.17. The maximum Gasteiger partial charge on any atom is 0.254 e. The molecule has 0 fully saturated rings. The Morgan fingerprint density at radius 3 is 2.89 bits per heavy atom. The van der Waals surface area contributed by atoms with E-state index in [2.05, 4.69) is 41.2 Å². The fourth-order valence-electron chi connectivity index (χ4n) is 1.59. The molecule has 0 bridgehead atoms. The van der Waals surface area contributed by atoms with Gasteiger partial charge in [0.25, 0.3) is 5.78 Å². The van der Waals surface area contributed by atoms with Gasteiger partial charge in [-0.1, -0.05) is 20.8 Å². The molecule has 18 heavy (non-hydrogen) atoms. The van der Waals surface area contributed by atoms with Crippen LogP contribution in [0.5, 0.6) is 0 Å². The standard InChI is InChI=1S/C12H19N5S/c1-9-7-10(13-5-6-18-12(2,3)4)17-11(16-9)14-8-15-17/h7-8,13H,5-6H2,1-4H3. The minimum atomic E-state index is 0.304. The van der Waals surface area contributed by atoms with E-state index in [1.54, 1.807) is 4.52 Å². The second kappa shape index (κ2) is 5.14. The molecule has 0 aromatic carbocycles. The summed E-state index contributed by atoms with van der Waals surface area (Å²) in [5, 5.41) is 7.55. The third-order valence-electron chi connectivity index (χ3n) is 2.32. The molecular weight excluding hydrogens is 246 g/mol. The van der Waals surface area contributed by atoms with E-state index in [1.165, 1.54) is 6.33 Å². The van der Waals surface area contributed by atoms with Crippen molar-refractivity contribution in [3.63, 3.8) is 0 Å². The topological polar surface area (TPSA) is 55.1 Å². The predicted molar refractivity (Wildman–Crippen MR) is 76.2 cm³/mol. The number of aromatic nitrogens is 4. The van der Waals surface area contributed by atoms with Crippen LogP contribution in [0.15, 0.2) is 12.4 Å². The number of rotatable bonds is 4. The average Bonchev–Trinajstić information content (AvgIpc) is 2.70. The van der Waals surface area contributed by atoms with Gasteiger partial charge in [0.15, 0.2) is 0 Å². The Morgan fingerprint density at radius 1 is 1.39 bits per heavy atom. The molecule has 1 N–H and O–H groups in total. The van der Waals surface area contributed by atoms with E-state index in [9.17, 15) is 0 Å². The number of hydrogen-bond acceptors (Lipinski definition) is 5. The number of anilines is 1. The fraction of sp³-hybridized carbons (Fsp3) is 0.583. The van der Waals surface area contributed by atoms with E-state index in [4.69, 9.17) is 0 Å². The molecule has 0 aliphatic rings. The van der Waals surface area contributed by atoms with Crippen molar-refractivity contribution in [2.75, 3.05) is 17.6 Å². The number of nitrogens with one attached hydrogen (secondary N) is 1. The number of nitrogens with zero attached hydrogens (tertiary/aromatic N) is 4. The summed E-state index contributed by atoms with van der Waals surface area (Å²) >= 11 is 1.94. The van der Waals surface area contributed by atoms with Gasteiger partial charge in [-0.05, 0) is 6.92 Å². The average molecular weight is 265 g/mol. The quantitative estimate of drug-likeness (QED) is 0.860. The normalized spacial score (nSPS) is 12.0. The van der Waals surface area contributed by atoms with E-state index in [1.807, 2.05) is 24.8 Å². The molecule has 98 valence electrons. The first-order valence-electron chi connectivity index (χ1n) is 6.01. The Balaban J connectivity index is 2.01. The van der Waals surface area contributed by atoms with Crippen molar-refractivity contribution in [3.8, 4) is 0 Å². The van der Waals surface area contributed by atoms with Gasteiger partial charge in [0.1, 0.15) is 12.1 Å². The van der Waals surface area contributed by atoms with Crippen LogP contribution in [0.4, 0.5) is 5.82 Å². The Morgan fingerprint density at radius 2 is 2.17 bits per heavy atom. The van der Waals surface area contributed by atoms with Crippen LogP contribution in [0.2, 0.25) is 0 Å². The third-order valence-corrected chi connectivity index (χ3v) is 3.60. The summed E-state index contributed by atoms with van der Waals surface area (Å²) in [4.78, 5) is 8.41. The maximum atomic E-state index is 4.31. The highest BCUT2D eigenvalue weighted by Gasteiger charge is 2.10. The number of thioether (sulfide) groups is 1. The predicted octanol–water partition coefficient (Wildman–Crippen LogP) is 2.38. The zero-order valence-electron chi connectivity index (χ0n) is 11.3. The van der Waals surface area contributed by atoms with Crippen LogP contribution >= 0.6 is 11.8 Å². The van der Waals surface area contributed by atoms with E-state index in [0.717, 1.165) is 23.8 Å². The Hall–Kier alpha value is -1.30. The van der Waals surface area contributed by atoms with Gasteiger partial charge in [-0.15, -0.1) is 0 Å². The molecule has 0 saturated carbocycles. The molecule has 0 spiro atoms. The summed E-state index contributed by atoms with van der Waals surface area (Å²) in [7, 11) is 0. The van der Waals surface area contributed by atoms with E-state index < -0.39 is 0 Å². The molecule has 0 unspecified atom stereocenters. The number of aryl methyl sites for hydroxylation is 1. The molecular formula is C12H19N5S. The number of hydrogen-bond donors (Lipinski definition) is 1. The van der Waals surface area contributed by atoms with Gasteiger partial charge < -0.3 is 5.32 Å². The largest absolute Gasteiger partial charge is 0.369 e. The van der Waals surface area contributed by atoms with Gasteiger partial charge in [-0.2, -0.15) is 26.4 Å². The summed E-state index contributed by atoms with van der Waals surface area (Å²) in [6.07, 6.45) is 1.52. The zero-order valence-corrected chi connectivity index (χ0v) is 12.1. The molecule has 0 saturated heterocycles. The number of fused-ring (bicyclic) bond motifs is 1. The van der Waals surface area contributed by atoms with Gasteiger partial charge in [0.05, 0.1) is 0 Å². The van der Waals surface area contributed by atoms with Crippen LogP contribution in [0.1, 0.15) is 26.5 Å². The highest BCUT2D eigenvalue weighted by atomic mass is 32.2. The molecule has 2 aromatic rings. The van der Waals surface area contributed by atoms with Gasteiger partial charge >= 0.3 is 0 Å². The molecule has 0 aliphatic heterocycles. The lowest BCUT2D eigenvalue weighted by Crippen LogP contribution is -2.14. The second-order valence-electron chi connectivity index (χ2n) is 5.14. The first-order chi connectivity index (χ1) is 8.46. The van der Waals surface area contributed by atoms with Crippen molar-refractivity contribution in [2.45, 2.75) is 32.4 Å². The Bertz CT molecular complexity index is 529. The lowest BCUT2D eigenvalue weighted by atomic mass is 10.3. The first kappa shape index (κ1) is 13.1. The molecule has 6 heteroatoms. The minimum absolute atomic E-state index is 0.304. The first-order valence-corrected chi connectivity index (χ1v) is 6.99. The molecule has 0 atom stereocenters. The van der Waals surface area contributed by atoms with Crippen LogP contribution in [-0.2, 0) is 0 Å². The van der Waals surface area contributed by atoms with Crippen molar-refractivity contribution in [3.05, 3.63) is 18.1 Å².